The van der Waals surface area contributed by atoms with Crippen LogP contribution in [0.15, 0.2) is 0 Å². The highest BCUT2D eigenvalue weighted by Crippen LogP contribution is 2.11. The monoisotopic (exact) mass is 256 g/mol. The van der Waals surface area contributed by atoms with Crippen LogP contribution in [0.5, 0.6) is 0 Å². The van der Waals surface area contributed by atoms with Gasteiger partial charge in [0.05, 0.1) is 12.1 Å². The fourth-order valence-electron chi connectivity index (χ4n) is 2.46. The molecule has 1 unspecified atom stereocenters. The van der Waals surface area contributed by atoms with Crippen LogP contribution >= 0.6 is 0 Å². The third kappa shape index (κ3) is 4.94. The summed E-state index contributed by atoms with van der Waals surface area (Å²) < 4.78 is 0. The number of aliphatic hydroxyl groups is 1. The Labute approximate surface area is 111 Å². The molecule has 0 aliphatic carbocycles. The molecule has 1 rings (SSSR count). The smallest absolute Gasteiger partial charge is 0.239 e. The van der Waals surface area contributed by atoms with E-state index in [4.69, 9.17) is 0 Å². The van der Waals surface area contributed by atoms with Gasteiger partial charge in [-0.15, -0.1) is 0 Å². The van der Waals surface area contributed by atoms with E-state index >= 15 is 0 Å². The summed E-state index contributed by atoms with van der Waals surface area (Å²) in [5.41, 5.74) is 0. The predicted octanol–water partition coefficient (Wildman–Crippen LogP) is 1.53. The largest absolute Gasteiger partial charge is 0.392 e. The number of aliphatic hydroxyl groups excluding tert-OH is 1. The second-order valence-corrected chi connectivity index (χ2v) is 5.24. The first-order valence-corrected chi connectivity index (χ1v) is 7.39. The molecule has 2 N–H and O–H groups in total. The second-order valence-electron chi connectivity index (χ2n) is 5.24. The van der Waals surface area contributed by atoms with Crippen molar-refractivity contribution in [2.24, 2.45) is 0 Å². The van der Waals surface area contributed by atoms with E-state index in [9.17, 15) is 9.90 Å². The van der Waals surface area contributed by atoms with Crippen molar-refractivity contribution in [3.63, 3.8) is 0 Å². The summed E-state index contributed by atoms with van der Waals surface area (Å²) in [5, 5.41) is 12.6. The normalized spacial score (nSPS) is 23.3. The van der Waals surface area contributed by atoms with Crippen molar-refractivity contribution in [3.8, 4) is 0 Å². The molecule has 1 fully saturated rings. The van der Waals surface area contributed by atoms with Gasteiger partial charge in [-0.05, 0) is 19.3 Å². The van der Waals surface area contributed by atoms with Gasteiger partial charge in [-0.1, -0.05) is 33.1 Å². The first kappa shape index (κ1) is 15.4. The molecule has 18 heavy (non-hydrogen) atoms. The van der Waals surface area contributed by atoms with Gasteiger partial charge in [0.2, 0.25) is 5.91 Å². The van der Waals surface area contributed by atoms with E-state index in [1.807, 2.05) is 4.90 Å². The van der Waals surface area contributed by atoms with Gasteiger partial charge in [0, 0.05) is 19.6 Å². The van der Waals surface area contributed by atoms with E-state index in [2.05, 4.69) is 19.2 Å². The minimum atomic E-state index is -0.359. The summed E-state index contributed by atoms with van der Waals surface area (Å²) >= 11 is 0. The number of nitrogens with one attached hydrogen (secondary N) is 1. The first-order valence-electron chi connectivity index (χ1n) is 7.39. The maximum Gasteiger partial charge on any atom is 0.239 e. The van der Waals surface area contributed by atoms with Crippen LogP contribution in [-0.4, -0.2) is 47.7 Å². The molecule has 106 valence electrons. The lowest BCUT2D eigenvalue weighted by Gasteiger charge is -2.25. The van der Waals surface area contributed by atoms with Crippen LogP contribution in [0.25, 0.3) is 0 Å². The maximum absolute atomic E-state index is 12.3. The van der Waals surface area contributed by atoms with Crippen LogP contribution in [0.4, 0.5) is 0 Å². The summed E-state index contributed by atoms with van der Waals surface area (Å²) in [6, 6.07) is -0.169. The number of nitrogens with zero attached hydrogens (tertiary/aromatic N) is 1. The highest BCUT2D eigenvalue weighted by molar-refractivity contribution is 5.82. The van der Waals surface area contributed by atoms with Crippen molar-refractivity contribution in [1.29, 1.82) is 0 Å². The molecule has 0 bridgehead atoms. The van der Waals surface area contributed by atoms with Crippen LogP contribution in [0.1, 0.15) is 52.4 Å². The van der Waals surface area contributed by atoms with Crippen LogP contribution in [0, 0.1) is 0 Å². The Morgan fingerprint density at radius 3 is 2.56 bits per heavy atom. The van der Waals surface area contributed by atoms with Gasteiger partial charge >= 0.3 is 0 Å². The zero-order chi connectivity index (χ0) is 13.4. The average Bonchev–Trinajstić information content (AvgIpc) is 2.79. The minimum absolute atomic E-state index is 0.169. The average molecular weight is 256 g/mol. The highest BCUT2D eigenvalue weighted by atomic mass is 16.3. The van der Waals surface area contributed by atoms with Gasteiger partial charge in [-0.25, -0.2) is 0 Å². The van der Waals surface area contributed by atoms with E-state index in [0.717, 1.165) is 25.9 Å². The third-order valence-electron chi connectivity index (χ3n) is 3.49. The zero-order valence-electron chi connectivity index (χ0n) is 11.8. The topological polar surface area (TPSA) is 52.6 Å². The van der Waals surface area contributed by atoms with Crippen molar-refractivity contribution in [2.75, 3.05) is 19.6 Å². The summed E-state index contributed by atoms with van der Waals surface area (Å²) in [5.74, 6) is 0.171. The van der Waals surface area contributed by atoms with Crippen molar-refractivity contribution in [2.45, 2.75) is 64.5 Å². The number of rotatable bonds is 8. The molecule has 1 amide bonds. The van der Waals surface area contributed by atoms with E-state index in [1.54, 1.807) is 0 Å². The van der Waals surface area contributed by atoms with Crippen molar-refractivity contribution in [1.82, 2.24) is 10.2 Å². The number of hydrogen-bond donors (Lipinski definition) is 2. The Morgan fingerprint density at radius 2 is 2.00 bits per heavy atom. The third-order valence-corrected chi connectivity index (χ3v) is 3.49. The number of unbranched alkanes of at least 4 members (excludes halogenated alkanes) is 3. The molecule has 0 spiro atoms. The molecule has 1 saturated heterocycles. The molecule has 1 aliphatic rings. The Morgan fingerprint density at radius 1 is 1.22 bits per heavy atom. The van der Waals surface area contributed by atoms with Crippen LogP contribution in [-0.2, 0) is 4.79 Å². The number of carbonyl (C=O) groups is 1. The lowest BCUT2D eigenvalue weighted by molar-refractivity contribution is -0.133. The van der Waals surface area contributed by atoms with Gasteiger partial charge < -0.3 is 15.3 Å². The molecule has 4 heteroatoms. The SMILES string of the molecule is CCCCCCN(CCC)C(=O)[C@@H]1CC(O)CN1. The lowest BCUT2D eigenvalue weighted by atomic mass is 10.1. The predicted molar refractivity (Wildman–Crippen MR) is 73.4 cm³/mol. The summed E-state index contributed by atoms with van der Waals surface area (Å²) in [4.78, 5) is 14.3. The lowest BCUT2D eigenvalue weighted by Crippen LogP contribution is -2.44. The quantitative estimate of drug-likeness (QED) is 0.648. The Hall–Kier alpha value is -0.610. The summed E-state index contributed by atoms with van der Waals surface area (Å²) in [6.45, 7) is 6.54. The Bertz CT molecular complexity index is 246. The molecule has 0 saturated carbocycles. The minimum Gasteiger partial charge on any atom is -0.392 e. The fraction of sp³-hybridized carbons (Fsp3) is 0.929. The van der Waals surface area contributed by atoms with Crippen molar-refractivity contribution >= 4 is 5.91 Å². The summed E-state index contributed by atoms with van der Waals surface area (Å²) in [7, 11) is 0. The van der Waals surface area contributed by atoms with E-state index in [-0.39, 0.29) is 18.1 Å². The zero-order valence-corrected chi connectivity index (χ0v) is 11.8. The van der Waals surface area contributed by atoms with Crippen LogP contribution in [0.3, 0.4) is 0 Å². The van der Waals surface area contributed by atoms with Crippen molar-refractivity contribution in [3.05, 3.63) is 0 Å². The Kier molecular flexibility index (Phi) is 7.28. The number of hydrogen-bond acceptors (Lipinski definition) is 3. The fourth-order valence-corrected chi connectivity index (χ4v) is 2.46. The maximum atomic E-state index is 12.3. The second kappa shape index (κ2) is 8.48. The molecular formula is C14H28N2O2. The van der Waals surface area contributed by atoms with E-state index in [0.29, 0.717) is 13.0 Å². The van der Waals surface area contributed by atoms with Gasteiger partial charge in [-0.2, -0.15) is 0 Å². The first-order chi connectivity index (χ1) is 8.69. The van der Waals surface area contributed by atoms with E-state index < -0.39 is 0 Å². The standard InChI is InChI=1S/C14H28N2O2/c1-3-5-6-7-9-16(8-4-2)14(18)13-10-12(17)11-15-13/h12-13,15,17H,3-11H2,1-2H3/t12?,13-/m0/s1. The van der Waals surface area contributed by atoms with Gasteiger partial charge in [-0.3, -0.25) is 4.79 Å². The molecule has 0 aromatic carbocycles. The number of amides is 1. The highest BCUT2D eigenvalue weighted by Gasteiger charge is 2.30. The summed E-state index contributed by atoms with van der Waals surface area (Å²) in [6.07, 6.45) is 5.96. The van der Waals surface area contributed by atoms with Gasteiger partial charge in [0.15, 0.2) is 0 Å². The number of carbonyl (C=O) groups excluding carboxylic acids is 1. The van der Waals surface area contributed by atoms with Gasteiger partial charge in [0.25, 0.3) is 0 Å². The van der Waals surface area contributed by atoms with Gasteiger partial charge in [0.1, 0.15) is 0 Å². The Balaban J connectivity index is 2.37. The molecule has 4 nitrogen and oxygen atoms in total. The molecule has 1 aliphatic heterocycles. The molecule has 0 aromatic rings. The van der Waals surface area contributed by atoms with E-state index in [1.165, 1.54) is 19.3 Å². The number of β-amino-alcohol motifs (C(OH)–C–C–N with tert-alkyl or cyclic N) is 1. The van der Waals surface area contributed by atoms with Crippen LogP contribution < -0.4 is 5.32 Å². The molecular weight excluding hydrogens is 228 g/mol. The molecule has 2 atom stereocenters. The molecule has 0 radical (unpaired) electrons. The van der Waals surface area contributed by atoms with Crippen molar-refractivity contribution < 1.29 is 9.90 Å². The molecule has 1 heterocycles. The van der Waals surface area contributed by atoms with Crippen LogP contribution in [0.2, 0.25) is 0 Å². The molecule has 0 aromatic heterocycles.